The third-order valence-corrected chi connectivity index (χ3v) is 8.65. The van der Waals surface area contributed by atoms with E-state index in [1.165, 1.54) is 28.7 Å². The first-order valence-corrected chi connectivity index (χ1v) is 12.8. The van der Waals surface area contributed by atoms with E-state index in [0.29, 0.717) is 18.8 Å². The molecule has 0 saturated carbocycles. The molecular formula is C26H21F2N3O5S. The van der Waals surface area contributed by atoms with Crippen LogP contribution in [-0.2, 0) is 15.2 Å². The Morgan fingerprint density at radius 1 is 1.05 bits per heavy atom. The predicted molar refractivity (Wildman–Crippen MR) is 129 cm³/mol. The van der Waals surface area contributed by atoms with Crippen LogP contribution in [0.15, 0.2) is 58.4 Å². The molecule has 0 radical (unpaired) electrons. The molecule has 190 valence electrons. The second-order valence-corrected chi connectivity index (χ2v) is 10.7. The normalized spacial score (nSPS) is 23.5. The number of halogens is 2. The molecule has 2 saturated heterocycles. The monoisotopic (exact) mass is 525 g/mol. The lowest BCUT2D eigenvalue weighted by Crippen LogP contribution is -2.73. The summed E-state index contributed by atoms with van der Waals surface area (Å²) in [6.07, 6.45) is 0.777. The number of aromatic hydroxyl groups is 1. The molecule has 37 heavy (non-hydrogen) atoms. The highest BCUT2D eigenvalue weighted by molar-refractivity contribution is 7.98. The number of amides is 1. The van der Waals surface area contributed by atoms with Gasteiger partial charge in [-0.05, 0) is 23.3 Å². The van der Waals surface area contributed by atoms with Gasteiger partial charge in [-0.25, -0.2) is 8.78 Å². The molecule has 4 aliphatic heterocycles. The van der Waals surface area contributed by atoms with E-state index in [9.17, 15) is 19.1 Å². The second kappa shape index (κ2) is 8.04. The van der Waals surface area contributed by atoms with Crippen molar-refractivity contribution >= 4 is 17.7 Å². The largest absolute Gasteiger partial charge is 0.502 e. The number of aromatic nitrogens is 1. The Kier molecular flexibility index (Phi) is 4.95. The Labute approximate surface area is 214 Å². The molecule has 11 heteroatoms. The summed E-state index contributed by atoms with van der Waals surface area (Å²) in [5.74, 6) is -2.81. The minimum absolute atomic E-state index is 0.117. The number of rotatable bonds is 1. The van der Waals surface area contributed by atoms with Gasteiger partial charge in [0.25, 0.3) is 5.91 Å². The van der Waals surface area contributed by atoms with Gasteiger partial charge in [0.1, 0.15) is 11.8 Å². The van der Waals surface area contributed by atoms with Crippen molar-refractivity contribution in [3.05, 3.63) is 92.9 Å². The first-order valence-electron chi connectivity index (χ1n) is 11.8. The van der Waals surface area contributed by atoms with Crippen molar-refractivity contribution in [2.75, 3.05) is 31.4 Å². The van der Waals surface area contributed by atoms with Crippen molar-refractivity contribution in [3.8, 4) is 5.75 Å². The summed E-state index contributed by atoms with van der Waals surface area (Å²) in [6.45, 7) is 0.968. The van der Waals surface area contributed by atoms with Crippen molar-refractivity contribution in [1.29, 1.82) is 0 Å². The van der Waals surface area contributed by atoms with Crippen LogP contribution in [0.3, 0.4) is 0 Å². The SMILES string of the molecule is O=C1c2c(O)c(=O)ccn2N([C@@H]2c3ccccc3SCc3c2ccc(F)c3F)[C@@H]2COC3(COC3)CN12. The van der Waals surface area contributed by atoms with Gasteiger partial charge in [0.15, 0.2) is 23.1 Å². The maximum atomic E-state index is 15.2. The van der Waals surface area contributed by atoms with Gasteiger partial charge in [-0.1, -0.05) is 24.3 Å². The fourth-order valence-corrected chi connectivity index (χ4v) is 6.78. The number of hydrogen-bond acceptors (Lipinski definition) is 7. The van der Waals surface area contributed by atoms with E-state index in [1.807, 2.05) is 29.3 Å². The van der Waals surface area contributed by atoms with Crippen molar-refractivity contribution < 1.29 is 28.2 Å². The van der Waals surface area contributed by atoms with Crippen LogP contribution in [0.1, 0.15) is 33.2 Å². The lowest BCUT2D eigenvalue weighted by atomic mass is 9.92. The van der Waals surface area contributed by atoms with Crippen LogP contribution in [0.25, 0.3) is 0 Å². The van der Waals surface area contributed by atoms with Crippen LogP contribution in [0.4, 0.5) is 8.78 Å². The third kappa shape index (κ3) is 3.20. The van der Waals surface area contributed by atoms with Gasteiger partial charge >= 0.3 is 0 Å². The van der Waals surface area contributed by atoms with Gasteiger partial charge in [0, 0.05) is 28.5 Å². The smallest absolute Gasteiger partial charge is 0.278 e. The highest BCUT2D eigenvalue weighted by Gasteiger charge is 2.54. The van der Waals surface area contributed by atoms with E-state index in [1.54, 1.807) is 11.0 Å². The van der Waals surface area contributed by atoms with E-state index >= 15 is 4.39 Å². The molecule has 1 N–H and O–H groups in total. The number of carbonyl (C=O) groups is 1. The Balaban J connectivity index is 1.50. The number of morpholine rings is 1. The fraction of sp³-hybridized carbons (Fsp3) is 0.308. The summed E-state index contributed by atoms with van der Waals surface area (Å²) in [5, 5.41) is 12.6. The Morgan fingerprint density at radius 2 is 1.86 bits per heavy atom. The van der Waals surface area contributed by atoms with Gasteiger partial charge in [0.05, 0.1) is 32.4 Å². The first kappa shape index (κ1) is 22.8. The van der Waals surface area contributed by atoms with Gasteiger partial charge in [-0.3, -0.25) is 19.3 Å². The Hall–Kier alpha value is -3.41. The van der Waals surface area contributed by atoms with E-state index in [0.717, 1.165) is 16.5 Å². The van der Waals surface area contributed by atoms with Gasteiger partial charge < -0.3 is 19.5 Å². The zero-order valence-corrected chi connectivity index (χ0v) is 20.2. The number of nitrogens with zero attached hydrogens (tertiary/aromatic N) is 3. The lowest BCUT2D eigenvalue weighted by Gasteiger charge is -2.57. The Morgan fingerprint density at radius 3 is 2.65 bits per heavy atom. The minimum Gasteiger partial charge on any atom is -0.502 e. The molecule has 2 atom stereocenters. The van der Waals surface area contributed by atoms with Crippen molar-refractivity contribution in [2.24, 2.45) is 0 Å². The molecule has 1 aromatic heterocycles. The van der Waals surface area contributed by atoms with Gasteiger partial charge in [-0.15, -0.1) is 11.8 Å². The van der Waals surface area contributed by atoms with Crippen LogP contribution in [-0.4, -0.2) is 58.7 Å². The van der Waals surface area contributed by atoms with Crippen LogP contribution in [0, 0.1) is 11.6 Å². The summed E-state index contributed by atoms with van der Waals surface area (Å²) >= 11 is 1.40. The average Bonchev–Trinajstić information content (AvgIpc) is 3.05. The average molecular weight is 526 g/mol. The predicted octanol–water partition coefficient (Wildman–Crippen LogP) is 2.75. The lowest BCUT2D eigenvalue weighted by molar-refractivity contribution is -0.245. The first-order chi connectivity index (χ1) is 17.9. The zero-order valence-electron chi connectivity index (χ0n) is 19.4. The molecule has 1 spiro atoms. The number of benzene rings is 2. The molecule has 0 unspecified atom stereocenters. The van der Waals surface area contributed by atoms with Gasteiger partial charge in [-0.2, -0.15) is 0 Å². The van der Waals surface area contributed by atoms with Crippen molar-refractivity contribution in [3.63, 3.8) is 0 Å². The highest BCUT2D eigenvalue weighted by Crippen LogP contribution is 2.46. The number of ether oxygens (including phenoxy) is 2. The molecule has 1 amide bonds. The van der Waals surface area contributed by atoms with Crippen LogP contribution in [0.2, 0.25) is 0 Å². The van der Waals surface area contributed by atoms with Gasteiger partial charge in [0.2, 0.25) is 5.43 Å². The molecule has 5 heterocycles. The molecule has 2 fully saturated rings. The minimum atomic E-state index is -0.936. The molecule has 7 rings (SSSR count). The maximum Gasteiger partial charge on any atom is 0.278 e. The van der Waals surface area contributed by atoms with Crippen molar-refractivity contribution in [2.45, 2.75) is 28.5 Å². The number of thioether (sulfide) groups is 1. The summed E-state index contributed by atoms with van der Waals surface area (Å²) in [5.41, 5.74) is 0.0552. The molecule has 3 aromatic rings. The molecule has 0 aliphatic carbocycles. The molecular weight excluding hydrogens is 504 g/mol. The zero-order chi connectivity index (χ0) is 25.5. The summed E-state index contributed by atoms with van der Waals surface area (Å²) in [6, 6.07) is 10.7. The van der Waals surface area contributed by atoms with E-state index in [2.05, 4.69) is 0 Å². The topological polar surface area (TPSA) is 84.2 Å². The number of pyridine rings is 1. The Bertz CT molecular complexity index is 1520. The quantitative estimate of drug-likeness (QED) is 0.523. The highest BCUT2D eigenvalue weighted by atomic mass is 32.2. The van der Waals surface area contributed by atoms with E-state index < -0.39 is 46.5 Å². The second-order valence-electron chi connectivity index (χ2n) is 9.66. The van der Waals surface area contributed by atoms with Crippen LogP contribution < -0.4 is 10.4 Å². The fourth-order valence-electron chi connectivity index (χ4n) is 5.67. The molecule has 0 bridgehead atoms. The van der Waals surface area contributed by atoms with E-state index in [-0.39, 0.29) is 30.2 Å². The third-order valence-electron chi connectivity index (χ3n) is 7.54. The number of fused-ring (bicyclic) bond motifs is 4. The van der Waals surface area contributed by atoms with Crippen LogP contribution in [0.5, 0.6) is 5.75 Å². The number of carbonyl (C=O) groups excluding carboxylic acids is 1. The van der Waals surface area contributed by atoms with Crippen molar-refractivity contribution in [1.82, 2.24) is 9.58 Å². The summed E-state index contributed by atoms with van der Waals surface area (Å²) in [4.78, 5) is 28.6. The molecule has 8 nitrogen and oxygen atoms in total. The maximum absolute atomic E-state index is 15.2. The summed E-state index contributed by atoms with van der Waals surface area (Å²) < 4.78 is 42.6. The van der Waals surface area contributed by atoms with E-state index in [4.69, 9.17) is 9.47 Å². The van der Waals surface area contributed by atoms with Crippen LogP contribution >= 0.6 is 11.8 Å². The molecule has 2 aromatic carbocycles. The standard InChI is InChI=1S/C26H21F2N3O5S/c27-17-6-5-14-16(21(17)28)10-37-19-4-2-1-3-15(19)22(14)31-20-9-36-26(12-35-13-26)11-29(20)25(34)23-24(33)18(32)7-8-30(23)31/h1-8,20,22,33H,9-13H2/t20-,22+/m1/s1. The summed E-state index contributed by atoms with van der Waals surface area (Å²) in [7, 11) is 0. The molecule has 4 aliphatic rings. The number of hydrogen-bond donors (Lipinski definition) is 1.